The summed E-state index contributed by atoms with van der Waals surface area (Å²) in [6.07, 6.45) is 6.02. The van der Waals surface area contributed by atoms with Crippen LogP contribution in [0.15, 0.2) is 41.2 Å². The lowest BCUT2D eigenvalue weighted by Gasteiger charge is -2.17. The first-order valence-corrected chi connectivity index (χ1v) is 8.32. The molecule has 25 heavy (non-hydrogen) atoms. The van der Waals surface area contributed by atoms with Crippen molar-refractivity contribution < 1.29 is 5.11 Å². The fraction of sp³-hybridized carbons (Fsp3) is 0.238. The molecule has 3 rings (SSSR count). The van der Waals surface area contributed by atoms with Crippen molar-refractivity contribution in [2.45, 2.75) is 33.1 Å². The Labute approximate surface area is 146 Å². The Hall–Kier alpha value is -3.06. The van der Waals surface area contributed by atoms with Crippen LogP contribution in [0.25, 0.3) is 16.6 Å². The smallest absolute Gasteiger partial charge is 0.265 e. The number of terminal acetylenes is 1. The number of aromatic nitrogens is 2. The second-order valence-corrected chi connectivity index (χ2v) is 6.27. The first-order valence-electron chi connectivity index (χ1n) is 8.32. The summed E-state index contributed by atoms with van der Waals surface area (Å²) >= 11 is 0. The zero-order valence-corrected chi connectivity index (χ0v) is 14.6. The first kappa shape index (κ1) is 16.8. The molecule has 4 nitrogen and oxygen atoms in total. The molecular weight excluding hydrogens is 312 g/mol. The van der Waals surface area contributed by atoms with Crippen LogP contribution in [0.4, 0.5) is 0 Å². The summed E-state index contributed by atoms with van der Waals surface area (Å²) in [7, 11) is 0. The molecule has 126 valence electrons. The Morgan fingerprint density at radius 1 is 1.20 bits per heavy atom. The molecule has 0 atom stereocenters. The van der Waals surface area contributed by atoms with Gasteiger partial charge in [-0.2, -0.15) is 0 Å². The largest absolute Gasteiger partial charge is 0.508 e. The van der Waals surface area contributed by atoms with E-state index < -0.39 is 0 Å². The normalized spacial score (nSPS) is 11.0. The van der Waals surface area contributed by atoms with Crippen LogP contribution in [0.3, 0.4) is 0 Å². The molecule has 3 aromatic rings. The van der Waals surface area contributed by atoms with Crippen LogP contribution in [-0.2, 0) is 6.42 Å². The molecule has 0 bridgehead atoms. The van der Waals surface area contributed by atoms with Gasteiger partial charge in [0.15, 0.2) is 0 Å². The minimum absolute atomic E-state index is 0.0384. The van der Waals surface area contributed by atoms with E-state index in [9.17, 15) is 9.90 Å². The standard InChI is InChI=1S/C21H20N2O2/c1-5-14-7-9-15(10-8-14)23-20(13(3)4)22-19-16(6-2)18(24)12-11-17(19)21(23)25/h1,7-13,24H,6H2,2-4H3. The highest BCUT2D eigenvalue weighted by molar-refractivity contribution is 5.83. The van der Waals surface area contributed by atoms with Crippen LogP contribution in [0.1, 0.15) is 43.6 Å². The lowest BCUT2D eigenvalue weighted by Crippen LogP contribution is -2.25. The number of rotatable bonds is 3. The summed E-state index contributed by atoms with van der Waals surface area (Å²) in [4.78, 5) is 17.9. The Morgan fingerprint density at radius 3 is 2.44 bits per heavy atom. The van der Waals surface area contributed by atoms with Crippen LogP contribution < -0.4 is 5.56 Å². The average molecular weight is 332 g/mol. The van der Waals surface area contributed by atoms with Gasteiger partial charge in [0.1, 0.15) is 11.6 Å². The van der Waals surface area contributed by atoms with Crippen molar-refractivity contribution >= 4 is 10.9 Å². The highest BCUT2D eigenvalue weighted by Gasteiger charge is 2.18. The van der Waals surface area contributed by atoms with Gasteiger partial charge < -0.3 is 5.11 Å². The van der Waals surface area contributed by atoms with Gasteiger partial charge in [-0.1, -0.05) is 26.7 Å². The summed E-state index contributed by atoms with van der Waals surface area (Å²) in [5, 5.41) is 10.6. The van der Waals surface area contributed by atoms with E-state index >= 15 is 0 Å². The van der Waals surface area contributed by atoms with Crippen LogP contribution in [0.5, 0.6) is 5.75 Å². The van der Waals surface area contributed by atoms with Crippen LogP contribution in [0.2, 0.25) is 0 Å². The number of hydrogen-bond acceptors (Lipinski definition) is 3. The number of phenolic OH excluding ortho intramolecular Hbond substituents is 1. The summed E-state index contributed by atoms with van der Waals surface area (Å²) in [6.45, 7) is 5.93. The number of benzene rings is 2. The van der Waals surface area contributed by atoms with Crippen molar-refractivity contribution in [2.75, 3.05) is 0 Å². The van der Waals surface area contributed by atoms with Gasteiger partial charge in [-0.3, -0.25) is 9.36 Å². The summed E-state index contributed by atoms with van der Waals surface area (Å²) in [5.41, 5.74) is 2.62. The zero-order chi connectivity index (χ0) is 18.1. The molecule has 4 heteroatoms. The van der Waals surface area contributed by atoms with Crippen LogP contribution >= 0.6 is 0 Å². The molecule has 2 aromatic carbocycles. The Kier molecular flexibility index (Phi) is 4.33. The summed E-state index contributed by atoms with van der Waals surface area (Å²) < 4.78 is 1.63. The lowest BCUT2D eigenvalue weighted by molar-refractivity contribution is 0.470. The van der Waals surface area contributed by atoms with Gasteiger partial charge in [0, 0.05) is 17.0 Å². The first-order chi connectivity index (χ1) is 12.0. The number of nitrogens with zero attached hydrogens (tertiary/aromatic N) is 2. The lowest BCUT2D eigenvalue weighted by atomic mass is 10.1. The molecule has 1 heterocycles. The van der Waals surface area contributed by atoms with E-state index in [0.717, 1.165) is 11.3 Å². The van der Waals surface area contributed by atoms with Gasteiger partial charge in [-0.05, 0) is 42.8 Å². The van der Waals surface area contributed by atoms with Crippen molar-refractivity contribution in [2.24, 2.45) is 0 Å². The number of phenols is 1. The molecule has 0 unspecified atom stereocenters. The fourth-order valence-electron chi connectivity index (χ4n) is 3.01. The van der Waals surface area contributed by atoms with E-state index in [2.05, 4.69) is 5.92 Å². The van der Waals surface area contributed by atoms with E-state index in [1.54, 1.807) is 16.7 Å². The molecule has 0 amide bonds. The van der Waals surface area contributed by atoms with E-state index in [1.807, 2.05) is 45.0 Å². The molecule has 0 saturated heterocycles. The average Bonchev–Trinajstić information content (AvgIpc) is 2.61. The Bertz CT molecular complexity index is 1040. The van der Waals surface area contributed by atoms with Gasteiger partial charge >= 0.3 is 0 Å². The van der Waals surface area contributed by atoms with Crippen LogP contribution in [0, 0.1) is 12.3 Å². The van der Waals surface area contributed by atoms with Crippen molar-refractivity contribution in [3.05, 3.63) is 63.7 Å². The Balaban J connectivity index is 2.40. The third kappa shape index (κ3) is 2.78. The fourth-order valence-corrected chi connectivity index (χ4v) is 3.01. The monoisotopic (exact) mass is 332 g/mol. The molecule has 0 fully saturated rings. The summed E-state index contributed by atoms with van der Waals surface area (Å²) in [6, 6.07) is 10.5. The molecule has 0 aliphatic rings. The van der Waals surface area contributed by atoms with Gasteiger partial charge in [0.2, 0.25) is 0 Å². The SMILES string of the molecule is C#Cc1ccc(-n2c(C(C)C)nc3c(CC)c(O)ccc3c2=O)cc1. The van der Waals surface area contributed by atoms with E-state index in [1.165, 1.54) is 0 Å². The number of aromatic hydroxyl groups is 1. The number of aryl methyl sites for hydroxylation is 1. The summed E-state index contributed by atoms with van der Waals surface area (Å²) in [5.74, 6) is 3.45. The van der Waals surface area contributed by atoms with Crippen LogP contribution in [-0.4, -0.2) is 14.7 Å². The third-order valence-electron chi connectivity index (χ3n) is 4.31. The molecule has 0 aliphatic heterocycles. The second kappa shape index (κ2) is 6.45. The maximum atomic E-state index is 13.2. The minimum atomic E-state index is -0.142. The molecular formula is C21H20N2O2. The zero-order valence-electron chi connectivity index (χ0n) is 14.6. The van der Waals surface area contributed by atoms with Gasteiger partial charge in [-0.25, -0.2) is 4.98 Å². The molecule has 0 saturated carbocycles. The maximum absolute atomic E-state index is 13.2. The predicted octanol–water partition coefficient (Wildman–Crippen LogP) is 3.76. The molecule has 0 radical (unpaired) electrons. The van der Waals surface area contributed by atoms with Crippen molar-refractivity contribution in [1.29, 1.82) is 0 Å². The predicted molar refractivity (Wildman–Crippen MR) is 100 cm³/mol. The van der Waals surface area contributed by atoms with Gasteiger partial charge in [0.05, 0.1) is 16.6 Å². The van der Waals surface area contributed by atoms with Gasteiger partial charge in [0.25, 0.3) is 5.56 Å². The van der Waals surface area contributed by atoms with E-state index in [4.69, 9.17) is 11.4 Å². The topological polar surface area (TPSA) is 55.1 Å². The second-order valence-electron chi connectivity index (χ2n) is 6.27. The highest BCUT2D eigenvalue weighted by atomic mass is 16.3. The van der Waals surface area contributed by atoms with E-state index in [-0.39, 0.29) is 17.2 Å². The Morgan fingerprint density at radius 2 is 1.88 bits per heavy atom. The quantitative estimate of drug-likeness (QED) is 0.743. The number of hydrogen-bond donors (Lipinski definition) is 1. The highest BCUT2D eigenvalue weighted by Crippen LogP contribution is 2.27. The molecule has 1 N–H and O–H groups in total. The molecule has 1 aromatic heterocycles. The van der Waals surface area contributed by atoms with Crippen molar-refractivity contribution in [1.82, 2.24) is 9.55 Å². The number of fused-ring (bicyclic) bond motifs is 1. The van der Waals surface area contributed by atoms with Crippen molar-refractivity contribution in [3.63, 3.8) is 0 Å². The van der Waals surface area contributed by atoms with E-state index in [0.29, 0.717) is 28.7 Å². The molecule has 0 aliphatic carbocycles. The minimum Gasteiger partial charge on any atom is -0.508 e. The maximum Gasteiger partial charge on any atom is 0.265 e. The van der Waals surface area contributed by atoms with Gasteiger partial charge in [-0.15, -0.1) is 6.42 Å². The third-order valence-corrected chi connectivity index (χ3v) is 4.31. The molecule has 0 spiro atoms. The van der Waals surface area contributed by atoms with Crippen molar-refractivity contribution in [3.8, 4) is 23.8 Å².